The summed E-state index contributed by atoms with van der Waals surface area (Å²) in [5.41, 5.74) is 0.343. The van der Waals surface area contributed by atoms with Gasteiger partial charge in [0.2, 0.25) is 0 Å². The molecule has 2 aromatic rings. The smallest absolute Gasteiger partial charge is 0.338 e. The maximum Gasteiger partial charge on any atom is 0.338 e. The van der Waals surface area contributed by atoms with E-state index in [1.807, 2.05) is 0 Å². The molecule has 0 spiro atoms. The van der Waals surface area contributed by atoms with E-state index in [1.165, 1.54) is 18.3 Å². The fraction of sp³-hybridized carbons (Fsp3) is 0. The van der Waals surface area contributed by atoms with Gasteiger partial charge in [-0.05, 0) is 23.8 Å². The van der Waals surface area contributed by atoms with Crippen molar-refractivity contribution < 1.29 is 18.7 Å². The van der Waals surface area contributed by atoms with Crippen LogP contribution in [0.4, 0.5) is 8.78 Å². The Kier molecular flexibility index (Phi) is 2.82. The minimum absolute atomic E-state index is 0.396. The first-order valence-electron chi connectivity index (χ1n) is 4.71. The molecule has 0 amide bonds. The van der Waals surface area contributed by atoms with Crippen LogP contribution in [0.2, 0.25) is 0 Å². The fourth-order valence-electron chi connectivity index (χ4n) is 1.44. The van der Waals surface area contributed by atoms with Crippen LogP contribution in [-0.4, -0.2) is 16.1 Å². The van der Waals surface area contributed by atoms with Crippen LogP contribution in [0.3, 0.4) is 0 Å². The lowest BCUT2D eigenvalue weighted by Crippen LogP contribution is -2.00. The number of rotatable bonds is 2. The zero-order chi connectivity index (χ0) is 12.4. The molecule has 1 aromatic carbocycles. The first-order chi connectivity index (χ1) is 8.08. The highest BCUT2D eigenvalue weighted by Crippen LogP contribution is 2.22. The highest BCUT2D eigenvalue weighted by Gasteiger charge is 2.11. The molecule has 0 fully saturated rings. The Hall–Kier alpha value is -2.30. The number of hydrogen-bond donors (Lipinski definition) is 1. The number of carbonyl (C=O) groups is 1. The van der Waals surface area contributed by atoms with Crippen LogP contribution < -0.4 is 0 Å². The van der Waals surface area contributed by atoms with Gasteiger partial charge in [0.05, 0.1) is 11.8 Å². The minimum atomic E-state index is -1.37. The predicted octanol–water partition coefficient (Wildman–Crippen LogP) is 2.73. The molecule has 0 unspecified atom stereocenters. The van der Waals surface area contributed by atoms with E-state index in [-0.39, 0.29) is 0 Å². The third-order valence-corrected chi connectivity index (χ3v) is 2.23. The molecule has 0 saturated heterocycles. The second-order valence-corrected chi connectivity index (χ2v) is 3.39. The van der Waals surface area contributed by atoms with Crippen LogP contribution in [0.15, 0.2) is 36.7 Å². The van der Waals surface area contributed by atoms with Gasteiger partial charge in [-0.15, -0.1) is 0 Å². The molecule has 1 heterocycles. The molecule has 0 aliphatic heterocycles. The molecule has 2 rings (SSSR count). The van der Waals surface area contributed by atoms with Crippen LogP contribution >= 0.6 is 0 Å². The molecule has 1 aromatic heterocycles. The van der Waals surface area contributed by atoms with E-state index in [1.54, 1.807) is 0 Å². The molecule has 5 heteroatoms. The average molecular weight is 235 g/mol. The Labute approximate surface area is 95.4 Å². The minimum Gasteiger partial charge on any atom is -0.478 e. The summed E-state index contributed by atoms with van der Waals surface area (Å²) in [6, 6.07) is 4.75. The second kappa shape index (κ2) is 4.29. The van der Waals surface area contributed by atoms with Crippen molar-refractivity contribution in [3.8, 4) is 11.1 Å². The Morgan fingerprint density at radius 3 is 2.53 bits per heavy atom. The third kappa shape index (κ3) is 2.28. The number of halogens is 2. The Balaban J connectivity index is 2.54. The van der Waals surface area contributed by atoms with Gasteiger partial charge in [-0.3, -0.25) is 4.98 Å². The maximum absolute atomic E-state index is 13.1. The Morgan fingerprint density at radius 2 is 1.88 bits per heavy atom. The van der Waals surface area contributed by atoms with Crippen LogP contribution in [-0.2, 0) is 0 Å². The highest BCUT2D eigenvalue weighted by atomic mass is 19.1. The predicted molar refractivity (Wildman–Crippen MR) is 56.5 cm³/mol. The number of carboxylic acid groups (broad SMARTS) is 1. The van der Waals surface area contributed by atoms with Crippen LogP contribution in [0.5, 0.6) is 0 Å². The third-order valence-electron chi connectivity index (χ3n) is 2.23. The van der Waals surface area contributed by atoms with E-state index in [0.29, 0.717) is 11.1 Å². The fourth-order valence-corrected chi connectivity index (χ4v) is 1.44. The lowest BCUT2D eigenvalue weighted by Gasteiger charge is -2.03. The number of aromatic carboxylic acids is 1. The number of nitrogens with zero attached hydrogens (tertiary/aromatic N) is 1. The van der Waals surface area contributed by atoms with E-state index in [4.69, 9.17) is 5.11 Å². The van der Waals surface area contributed by atoms with Crippen molar-refractivity contribution in [1.82, 2.24) is 4.98 Å². The van der Waals surface area contributed by atoms with Gasteiger partial charge in [0.1, 0.15) is 11.6 Å². The second-order valence-electron chi connectivity index (χ2n) is 3.39. The maximum atomic E-state index is 13.1. The summed E-state index contributed by atoms with van der Waals surface area (Å²) in [6.07, 6.45) is 2.41. The molecule has 0 radical (unpaired) electrons. The molecule has 0 bridgehead atoms. The van der Waals surface area contributed by atoms with E-state index in [2.05, 4.69) is 4.98 Å². The van der Waals surface area contributed by atoms with Gasteiger partial charge in [0.25, 0.3) is 0 Å². The summed E-state index contributed by atoms with van der Waals surface area (Å²) in [4.78, 5) is 14.4. The van der Waals surface area contributed by atoms with Crippen LogP contribution in [0.25, 0.3) is 11.1 Å². The number of pyridine rings is 1. The van der Waals surface area contributed by atoms with Crippen molar-refractivity contribution in [2.45, 2.75) is 0 Å². The van der Waals surface area contributed by atoms with Crippen molar-refractivity contribution in [3.63, 3.8) is 0 Å². The molecule has 3 nitrogen and oxygen atoms in total. The van der Waals surface area contributed by atoms with E-state index in [9.17, 15) is 13.6 Å². The first-order valence-corrected chi connectivity index (χ1v) is 4.71. The summed E-state index contributed by atoms with van der Waals surface area (Å²) in [7, 11) is 0. The summed E-state index contributed by atoms with van der Waals surface area (Å²) in [6.45, 7) is 0. The number of benzene rings is 1. The number of carboxylic acids is 1. The number of aromatic nitrogens is 1. The van der Waals surface area contributed by atoms with Gasteiger partial charge in [-0.2, -0.15) is 0 Å². The monoisotopic (exact) mass is 235 g/mol. The highest BCUT2D eigenvalue weighted by molar-refractivity contribution is 5.89. The van der Waals surface area contributed by atoms with E-state index in [0.717, 1.165) is 18.3 Å². The largest absolute Gasteiger partial charge is 0.478 e. The lowest BCUT2D eigenvalue weighted by atomic mass is 10.0. The molecule has 0 aliphatic rings. The molecule has 1 N–H and O–H groups in total. The van der Waals surface area contributed by atoms with Gasteiger partial charge in [0.15, 0.2) is 0 Å². The molecule has 0 saturated carbocycles. The topological polar surface area (TPSA) is 50.2 Å². The molecule has 86 valence electrons. The van der Waals surface area contributed by atoms with Crippen molar-refractivity contribution in [1.29, 1.82) is 0 Å². The summed E-state index contributed by atoms with van der Waals surface area (Å²) < 4.78 is 26.1. The quantitative estimate of drug-likeness (QED) is 0.870. The van der Waals surface area contributed by atoms with E-state index >= 15 is 0 Å². The van der Waals surface area contributed by atoms with Gasteiger partial charge >= 0.3 is 5.97 Å². The molecule has 0 atom stereocenters. The molecule has 17 heavy (non-hydrogen) atoms. The van der Waals surface area contributed by atoms with Crippen molar-refractivity contribution in [3.05, 3.63) is 53.9 Å². The van der Waals surface area contributed by atoms with Gasteiger partial charge < -0.3 is 5.11 Å². The summed E-state index contributed by atoms with van der Waals surface area (Å²) >= 11 is 0. The number of hydrogen-bond acceptors (Lipinski definition) is 2. The Bertz CT molecular complexity index is 584. The van der Waals surface area contributed by atoms with Crippen LogP contribution in [0.1, 0.15) is 10.4 Å². The first kappa shape index (κ1) is 11.2. The van der Waals surface area contributed by atoms with Gasteiger partial charge in [0, 0.05) is 11.8 Å². The van der Waals surface area contributed by atoms with Gasteiger partial charge in [-0.25, -0.2) is 13.6 Å². The Morgan fingerprint density at radius 1 is 1.12 bits per heavy atom. The molecular formula is C12H7F2NO2. The summed E-state index contributed by atoms with van der Waals surface area (Å²) in [5, 5.41) is 8.76. The zero-order valence-electron chi connectivity index (χ0n) is 8.52. The van der Waals surface area contributed by atoms with E-state index < -0.39 is 23.2 Å². The average Bonchev–Trinajstić information content (AvgIpc) is 2.29. The van der Waals surface area contributed by atoms with Crippen molar-refractivity contribution in [2.75, 3.05) is 0 Å². The van der Waals surface area contributed by atoms with Crippen LogP contribution in [0, 0.1) is 11.6 Å². The zero-order valence-corrected chi connectivity index (χ0v) is 8.52. The SMILES string of the molecule is O=C(O)c1cc(-c2cncc(F)c2)ccc1F. The van der Waals surface area contributed by atoms with Crippen molar-refractivity contribution in [2.24, 2.45) is 0 Å². The van der Waals surface area contributed by atoms with Crippen molar-refractivity contribution >= 4 is 5.97 Å². The normalized spacial score (nSPS) is 10.2. The lowest BCUT2D eigenvalue weighted by molar-refractivity contribution is 0.0692. The summed E-state index contributed by atoms with van der Waals surface area (Å²) in [5.74, 6) is -2.73. The standard InChI is InChI=1S/C12H7F2NO2/c13-9-3-8(5-15-6-9)7-1-2-11(14)10(4-7)12(16)17/h1-6H,(H,16,17). The van der Waals surface area contributed by atoms with Gasteiger partial charge in [-0.1, -0.05) is 6.07 Å². The molecule has 0 aliphatic carbocycles. The molecular weight excluding hydrogens is 228 g/mol.